The van der Waals surface area contributed by atoms with E-state index < -0.39 is 6.10 Å². The summed E-state index contributed by atoms with van der Waals surface area (Å²) in [6.07, 6.45) is 0.0523. The highest BCUT2D eigenvalue weighted by Crippen LogP contribution is 2.35. The van der Waals surface area contributed by atoms with Crippen molar-refractivity contribution >= 4 is 5.78 Å². The van der Waals surface area contributed by atoms with E-state index in [1.807, 2.05) is 6.92 Å². The maximum absolute atomic E-state index is 11.4. The average Bonchev–Trinajstić information content (AvgIpc) is 2.75. The molecule has 0 saturated carbocycles. The van der Waals surface area contributed by atoms with Crippen LogP contribution < -0.4 is 14.2 Å². The second-order valence-electron chi connectivity index (χ2n) is 3.60. The molecule has 86 valence electrons. The molecule has 2 rings (SSSR count). The molecule has 0 spiro atoms. The molecule has 1 aromatic rings. The summed E-state index contributed by atoms with van der Waals surface area (Å²) >= 11 is 0. The zero-order chi connectivity index (χ0) is 11.5. The van der Waals surface area contributed by atoms with Gasteiger partial charge in [0.2, 0.25) is 6.79 Å². The molecule has 1 heterocycles. The van der Waals surface area contributed by atoms with Crippen LogP contribution in [0.1, 0.15) is 20.3 Å². The molecule has 0 aliphatic carbocycles. The molecule has 0 fully saturated rings. The Labute approximate surface area is 94.1 Å². The van der Waals surface area contributed by atoms with E-state index in [9.17, 15) is 4.79 Å². The van der Waals surface area contributed by atoms with Gasteiger partial charge in [0.15, 0.2) is 23.4 Å². The Kier molecular flexibility index (Phi) is 2.99. The molecule has 1 aliphatic rings. The van der Waals surface area contributed by atoms with Gasteiger partial charge in [-0.05, 0) is 19.1 Å². The third kappa shape index (κ3) is 2.10. The fourth-order valence-electron chi connectivity index (χ4n) is 1.51. The Bertz CT molecular complexity index is 400. The smallest absolute Gasteiger partial charge is 0.231 e. The fraction of sp³-hybridized carbons (Fsp3) is 0.417. The van der Waals surface area contributed by atoms with Crippen molar-refractivity contribution in [2.75, 3.05) is 6.79 Å². The van der Waals surface area contributed by atoms with E-state index in [1.54, 1.807) is 25.1 Å². The quantitative estimate of drug-likeness (QED) is 0.783. The first kappa shape index (κ1) is 10.8. The lowest BCUT2D eigenvalue weighted by Crippen LogP contribution is -2.22. The van der Waals surface area contributed by atoms with Crippen LogP contribution in [-0.4, -0.2) is 18.7 Å². The molecule has 1 atom stereocenters. The van der Waals surface area contributed by atoms with Crippen molar-refractivity contribution in [3.05, 3.63) is 18.2 Å². The largest absolute Gasteiger partial charge is 0.483 e. The zero-order valence-electron chi connectivity index (χ0n) is 9.36. The van der Waals surface area contributed by atoms with Gasteiger partial charge in [-0.1, -0.05) is 6.92 Å². The summed E-state index contributed by atoms with van der Waals surface area (Å²) in [5, 5.41) is 0. The van der Waals surface area contributed by atoms with E-state index in [0.717, 1.165) is 0 Å². The molecule has 1 aliphatic heterocycles. The minimum atomic E-state index is -0.426. The maximum atomic E-state index is 11.4. The van der Waals surface area contributed by atoms with Crippen molar-refractivity contribution in [2.24, 2.45) is 0 Å². The summed E-state index contributed by atoms with van der Waals surface area (Å²) in [6, 6.07) is 5.29. The van der Waals surface area contributed by atoms with Crippen molar-refractivity contribution in [2.45, 2.75) is 26.4 Å². The van der Waals surface area contributed by atoms with E-state index in [-0.39, 0.29) is 12.6 Å². The second-order valence-corrected chi connectivity index (χ2v) is 3.60. The Morgan fingerprint density at radius 1 is 1.44 bits per heavy atom. The van der Waals surface area contributed by atoms with E-state index in [0.29, 0.717) is 23.7 Å². The summed E-state index contributed by atoms with van der Waals surface area (Å²) in [6.45, 7) is 3.81. The van der Waals surface area contributed by atoms with Gasteiger partial charge >= 0.3 is 0 Å². The van der Waals surface area contributed by atoms with Crippen LogP contribution in [-0.2, 0) is 4.79 Å². The number of Topliss-reactive ketones (excluding diaryl/α,β-unsaturated/α-hetero) is 1. The summed E-state index contributed by atoms with van der Waals surface area (Å²) in [4.78, 5) is 11.4. The number of hydrogen-bond donors (Lipinski definition) is 0. The Morgan fingerprint density at radius 2 is 2.19 bits per heavy atom. The van der Waals surface area contributed by atoms with Gasteiger partial charge in [-0.15, -0.1) is 0 Å². The maximum Gasteiger partial charge on any atom is 0.231 e. The van der Waals surface area contributed by atoms with Crippen LogP contribution in [0, 0.1) is 0 Å². The number of ether oxygens (including phenoxy) is 3. The molecule has 0 aromatic heterocycles. The molecule has 16 heavy (non-hydrogen) atoms. The summed E-state index contributed by atoms with van der Waals surface area (Å²) < 4.78 is 15.9. The van der Waals surface area contributed by atoms with Crippen molar-refractivity contribution < 1.29 is 19.0 Å². The Morgan fingerprint density at radius 3 is 2.94 bits per heavy atom. The monoisotopic (exact) mass is 222 g/mol. The number of rotatable bonds is 4. The molecule has 0 saturated heterocycles. The number of benzene rings is 1. The van der Waals surface area contributed by atoms with Gasteiger partial charge in [-0.2, -0.15) is 0 Å². The number of carbonyl (C=O) groups excluding carboxylic acids is 1. The predicted octanol–water partition coefficient (Wildman–Crippen LogP) is 2.16. The van der Waals surface area contributed by atoms with Gasteiger partial charge in [0, 0.05) is 12.5 Å². The van der Waals surface area contributed by atoms with Crippen LogP contribution in [0.4, 0.5) is 0 Å². The van der Waals surface area contributed by atoms with Gasteiger partial charge in [-0.25, -0.2) is 0 Å². The lowest BCUT2D eigenvalue weighted by molar-refractivity contribution is -0.124. The minimum absolute atomic E-state index is 0.0812. The normalized spacial score (nSPS) is 14.6. The summed E-state index contributed by atoms with van der Waals surface area (Å²) in [7, 11) is 0. The van der Waals surface area contributed by atoms with E-state index in [2.05, 4.69) is 0 Å². The number of carbonyl (C=O) groups is 1. The van der Waals surface area contributed by atoms with Crippen molar-refractivity contribution in [3.8, 4) is 17.2 Å². The predicted molar refractivity (Wildman–Crippen MR) is 58.0 cm³/mol. The molecular formula is C12H14O4. The number of hydrogen-bond acceptors (Lipinski definition) is 4. The molecular weight excluding hydrogens is 208 g/mol. The highest BCUT2D eigenvalue weighted by molar-refractivity contribution is 5.82. The SMILES string of the molecule is CCC(=O)C(C)Oc1ccc2c(c1)OCO2. The van der Waals surface area contributed by atoms with Crippen LogP contribution in [0.3, 0.4) is 0 Å². The van der Waals surface area contributed by atoms with Gasteiger partial charge in [0.05, 0.1) is 0 Å². The molecule has 1 aromatic carbocycles. The van der Waals surface area contributed by atoms with E-state index in [4.69, 9.17) is 14.2 Å². The second kappa shape index (κ2) is 4.43. The first-order valence-corrected chi connectivity index (χ1v) is 5.29. The topological polar surface area (TPSA) is 44.8 Å². The van der Waals surface area contributed by atoms with Gasteiger partial charge in [0.25, 0.3) is 0 Å². The zero-order valence-corrected chi connectivity index (χ0v) is 9.36. The number of ketones is 1. The molecule has 1 unspecified atom stereocenters. The van der Waals surface area contributed by atoms with Crippen LogP contribution in [0.25, 0.3) is 0 Å². The van der Waals surface area contributed by atoms with E-state index in [1.165, 1.54) is 0 Å². The summed E-state index contributed by atoms with van der Waals surface area (Å²) in [5.41, 5.74) is 0. The number of fused-ring (bicyclic) bond motifs is 1. The fourth-order valence-corrected chi connectivity index (χ4v) is 1.51. The van der Waals surface area contributed by atoms with Crippen LogP contribution in [0.15, 0.2) is 18.2 Å². The minimum Gasteiger partial charge on any atom is -0.483 e. The van der Waals surface area contributed by atoms with Gasteiger partial charge in [0.1, 0.15) is 5.75 Å². The average molecular weight is 222 g/mol. The van der Waals surface area contributed by atoms with Crippen molar-refractivity contribution in [3.63, 3.8) is 0 Å². The summed E-state index contributed by atoms with van der Waals surface area (Å²) in [5.74, 6) is 2.08. The highest BCUT2D eigenvalue weighted by atomic mass is 16.7. The van der Waals surface area contributed by atoms with E-state index >= 15 is 0 Å². The third-order valence-corrected chi connectivity index (χ3v) is 2.46. The Balaban J connectivity index is 2.08. The van der Waals surface area contributed by atoms with Crippen molar-refractivity contribution in [1.82, 2.24) is 0 Å². The standard InChI is InChI=1S/C12H14O4/c1-3-10(13)8(2)16-9-4-5-11-12(6-9)15-7-14-11/h4-6,8H,3,7H2,1-2H3. The molecule has 0 bridgehead atoms. The molecule has 4 nitrogen and oxygen atoms in total. The molecule has 4 heteroatoms. The van der Waals surface area contributed by atoms with Crippen LogP contribution >= 0.6 is 0 Å². The Hall–Kier alpha value is -1.71. The first-order valence-electron chi connectivity index (χ1n) is 5.29. The molecule has 0 N–H and O–H groups in total. The third-order valence-electron chi connectivity index (χ3n) is 2.46. The van der Waals surface area contributed by atoms with Crippen molar-refractivity contribution in [1.29, 1.82) is 0 Å². The lowest BCUT2D eigenvalue weighted by atomic mass is 10.2. The lowest BCUT2D eigenvalue weighted by Gasteiger charge is -2.12. The first-order chi connectivity index (χ1) is 7.70. The highest BCUT2D eigenvalue weighted by Gasteiger charge is 2.16. The molecule has 0 radical (unpaired) electrons. The van der Waals surface area contributed by atoms with Crippen LogP contribution in [0.2, 0.25) is 0 Å². The molecule has 0 amide bonds. The van der Waals surface area contributed by atoms with Gasteiger partial charge < -0.3 is 14.2 Å². The van der Waals surface area contributed by atoms with Crippen LogP contribution in [0.5, 0.6) is 17.2 Å². The van der Waals surface area contributed by atoms with Gasteiger partial charge in [-0.3, -0.25) is 4.79 Å².